The minimum absolute atomic E-state index is 0.0154. The summed E-state index contributed by atoms with van der Waals surface area (Å²) in [5.41, 5.74) is 1.95. The number of amides is 1. The number of fused-ring (bicyclic) bond motifs is 1. The van der Waals surface area contributed by atoms with Gasteiger partial charge in [-0.3, -0.25) is 4.79 Å². The van der Waals surface area contributed by atoms with Crippen LogP contribution in [0, 0.1) is 6.92 Å². The van der Waals surface area contributed by atoms with Crippen molar-refractivity contribution in [3.8, 4) is 5.75 Å². The first-order valence-corrected chi connectivity index (χ1v) is 5.71. The summed E-state index contributed by atoms with van der Waals surface area (Å²) in [6, 6.07) is 5.85. The zero-order valence-corrected chi connectivity index (χ0v) is 10.4. The molecule has 0 spiro atoms. The number of anilines is 1. The van der Waals surface area contributed by atoms with Gasteiger partial charge in [-0.1, -0.05) is 6.07 Å². The normalized spacial score (nSPS) is 18.9. The van der Waals surface area contributed by atoms with Crippen LogP contribution in [0.5, 0.6) is 5.75 Å². The van der Waals surface area contributed by atoms with Crippen LogP contribution in [0.3, 0.4) is 0 Å². The van der Waals surface area contributed by atoms with E-state index in [0.717, 1.165) is 17.0 Å². The number of hydrogen-bond acceptors (Lipinski definition) is 3. The van der Waals surface area contributed by atoms with Gasteiger partial charge in [-0.15, -0.1) is 0 Å². The first kappa shape index (κ1) is 11.9. The summed E-state index contributed by atoms with van der Waals surface area (Å²) in [5.74, 6) is 0.756. The van der Waals surface area contributed by atoms with Gasteiger partial charge in [0.2, 0.25) is 0 Å². The molecule has 17 heavy (non-hydrogen) atoms. The summed E-state index contributed by atoms with van der Waals surface area (Å²) in [7, 11) is 1.63. The standard InChI is InChI=1S/C13H17NO3/c1-9-4-5-11-12(8-9)17-10(2)13(15)14(11)6-7-16-3/h4-5,8,10H,6-7H2,1-3H3. The first-order chi connectivity index (χ1) is 8.13. The summed E-state index contributed by atoms with van der Waals surface area (Å²) >= 11 is 0. The molecular formula is C13H17NO3. The van der Waals surface area contributed by atoms with Gasteiger partial charge >= 0.3 is 0 Å². The predicted molar refractivity (Wildman–Crippen MR) is 65.5 cm³/mol. The van der Waals surface area contributed by atoms with Gasteiger partial charge in [0.1, 0.15) is 5.75 Å². The van der Waals surface area contributed by atoms with Gasteiger partial charge < -0.3 is 14.4 Å². The van der Waals surface area contributed by atoms with Gasteiger partial charge in [-0.05, 0) is 31.5 Å². The second-order valence-corrected chi connectivity index (χ2v) is 4.21. The summed E-state index contributed by atoms with van der Waals surface area (Å²) in [4.78, 5) is 13.8. The molecule has 4 heteroatoms. The molecule has 2 rings (SSSR count). The minimum atomic E-state index is -0.429. The lowest BCUT2D eigenvalue weighted by molar-refractivity contribution is -0.125. The Kier molecular flexibility index (Phi) is 3.33. The van der Waals surface area contributed by atoms with Gasteiger partial charge in [0.15, 0.2) is 6.10 Å². The van der Waals surface area contributed by atoms with E-state index in [4.69, 9.17) is 9.47 Å². The molecule has 1 aromatic rings. The Labute approximate surface area is 101 Å². The molecule has 1 atom stereocenters. The van der Waals surface area contributed by atoms with Gasteiger partial charge in [-0.2, -0.15) is 0 Å². The van der Waals surface area contributed by atoms with Crippen molar-refractivity contribution in [1.82, 2.24) is 0 Å². The van der Waals surface area contributed by atoms with Crippen molar-refractivity contribution in [2.75, 3.05) is 25.2 Å². The maximum absolute atomic E-state index is 12.0. The number of nitrogens with zero attached hydrogens (tertiary/aromatic N) is 1. The van der Waals surface area contributed by atoms with Crippen molar-refractivity contribution in [3.63, 3.8) is 0 Å². The molecule has 92 valence electrons. The molecule has 0 N–H and O–H groups in total. The number of benzene rings is 1. The molecule has 1 heterocycles. The van der Waals surface area contributed by atoms with E-state index in [-0.39, 0.29) is 5.91 Å². The van der Waals surface area contributed by atoms with Gasteiger partial charge in [-0.25, -0.2) is 0 Å². The predicted octanol–water partition coefficient (Wildman–Crippen LogP) is 1.76. The van der Waals surface area contributed by atoms with Crippen LogP contribution in [-0.4, -0.2) is 32.3 Å². The fourth-order valence-corrected chi connectivity index (χ4v) is 1.93. The van der Waals surface area contributed by atoms with Crippen LogP contribution in [0.2, 0.25) is 0 Å². The Morgan fingerprint density at radius 2 is 2.24 bits per heavy atom. The molecule has 0 aromatic heterocycles. The molecule has 0 saturated heterocycles. The van der Waals surface area contributed by atoms with Gasteiger partial charge in [0.05, 0.1) is 12.3 Å². The Morgan fingerprint density at radius 3 is 2.94 bits per heavy atom. The summed E-state index contributed by atoms with van der Waals surface area (Å²) in [5, 5.41) is 0. The SMILES string of the molecule is COCCN1C(=O)C(C)Oc2cc(C)ccc21. The maximum atomic E-state index is 12.0. The van der Waals surface area contributed by atoms with Crippen molar-refractivity contribution in [1.29, 1.82) is 0 Å². The number of rotatable bonds is 3. The lowest BCUT2D eigenvalue weighted by Crippen LogP contribution is -2.45. The zero-order valence-electron chi connectivity index (χ0n) is 10.4. The fraction of sp³-hybridized carbons (Fsp3) is 0.462. The molecule has 1 aliphatic rings. The van der Waals surface area contributed by atoms with E-state index in [2.05, 4.69) is 0 Å². The molecule has 0 aliphatic carbocycles. The lowest BCUT2D eigenvalue weighted by Gasteiger charge is -2.33. The molecule has 4 nitrogen and oxygen atoms in total. The van der Waals surface area contributed by atoms with E-state index in [1.54, 1.807) is 18.9 Å². The highest BCUT2D eigenvalue weighted by Crippen LogP contribution is 2.34. The van der Waals surface area contributed by atoms with E-state index >= 15 is 0 Å². The van der Waals surface area contributed by atoms with E-state index in [1.807, 2.05) is 25.1 Å². The highest BCUT2D eigenvalue weighted by Gasteiger charge is 2.30. The molecular weight excluding hydrogens is 218 g/mol. The molecule has 1 aromatic carbocycles. The Hall–Kier alpha value is -1.55. The van der Waals surface area contributed by atoms with Crippen LogP contribution in [0.25, 0.3) is 0 Å². The number of hydrogen-bond donors (Lipinski definition) is 0. The number of carbonyl (C=O) groups excluding carboxylic acids is 1. The van der Waals surface area contributed by atoms with Gasteiger partial charge in [0.25, 0.3) is 5.91 Å². The van der Waals surface area contributed by atoms with Crippen LogP contribution in [-0.2, 0) is 9.53 Å². The second-order valence-electron chi connectivity index (χ2n) is 4.21. The number of carbonyl (C=O) groups is 1. The summed E-state index contributed by atoms with van der Waals surface area (Å²) in [6.45, 7) is 4.85. The van der Waals surface area contributed by atoms with E-state index in [1.165, 1.54) is 0 Å². The van der Waals surface area contributed by atoms with Crippen LogP contribution < -0.4 is 9.64 Å². The minimum Gasteiger partial charge on any atom is -0.479 e. The Morgan fingerprint density at radius 1 is 1.47 bits per heavy atom. The average molecular weight is 235 g/mol. The third-order valence-electron chi connectivity index (χ3n) is 2.84. The second kappa shape index (κ2) is 4.75. The van der Waals surface area contributed by atoms with Crippen LogP contribution in [0.1, 0.15) is 12.5 Å². The number of aryl methyl sites for hydroxylation is 1. The van der Waals surface area contributed by atoms with Crippen molar-refractivity contribution in [2.45, 2.75) is 20.0 Å². The fourth-order valence-electron chi connectivity index (χ4n) is 1.93. The quantitative estimate of drug-likeness (QED) is 0.801. The molecule has 1 unspecified atom stereocenters. The summed E-state index contributed by atoms with van der Waals surface area (Å²) < 4.78 is 10.6. The van der Waals surface area contributed by atoms with Crippen molar-refractivity contribution >= 4 is 11.6 Å². The van der Waals surface area contributed by atoms with Gasteiger partial charge in [0, 0.05) is 13.7 Å². The zero-order chi connectivity index (χ0) is 12.4. The average Bonchev–Trinajstić information content (AvgIpc) is 2.30. The first-order valence-electron chi connectivity index (χ1n) is 5.71. The highest BCUT2D eigenvalue weighted by molar-refractivity contribution is 5.99. The molecule has 0 saturated carbocycles. The van der Waals surface area contributed by atoms with Crippen molar-refractivity contribution in [2.24, 2.45) is 0 Å². The van der Waals surface area contributed by atoms with E-state index in [9.17, 15) is 4.79 Å². The molecule has 0 fully saturated rings. The molecule has 1 amide bonds. The summed E-state index contributed by atoms with van der Waals surface area (Å²) in [6.07, 6.45) is -0.429. The maximum Gasteiger partial charge on any atom is 0.267 e. The van der Waals surface area contributed by atoms with Crippen molar-refractivity contribution in [3.05, 3.63) is 23.8 Å². The third-order valence-corrected chi connectivity index (χ3v) is 2.84. The third kappa shape index (κ3) is 2.26. The largest absolute Gasteiger partial charge is 0.479 e. The smallest absolute Gasteiger partial charge is 0.267 e. The monoisotopic (exact) mass is 235 g/mol. The molecule has 0 radical (unpaired) electrons. The number of ether oxygens (including phenoxy) is 2. The van der Waals surface area contributed by atoms with E-state index in [0.29, 0.717) is 13.2 Å². The van der Waals surface area contributed by atoms with E-state index < -0.39 is 6.10 Å². The lowest BCUT2D eigenvalue weighted by atomic mass is 10.1. The molecule has 0 bridgehead atoms. The number of methoxy groups -OCH3 is 1. The van der Waals surface area contributed by atoms with Crippen LogP contribution in [0.15, 0.2) is 18.2 Å². The topological polar surface area (TPSA) is 38.8 Å². The highest BCUT2D eigenvalue weighted by atomic mass is 16.5. The van der Waals surface area contributed by atoms with Crippen LogP contribution >= 0.6 is 0 Å². The Bertz CT molecular complexity index is 431. The van der Waals surface area contributed by atoms with Crippen molar-refractivity contribution < 1.29 is 14.3 Å². The Balaban J connectivity index is 2.34. The van der Waals surface area contributed by atoms with Crippen LogP contribution in [0.4, 0.5) is 5.69 Å². The molecule has 1 aliphatic heterocycles.